The van der Waals surface area contributed by atoms with Crippen LogP contribution in [-0.2, 0) is 10.0 Å². The second-order valence-corrected chi connectivity index (χ2v) is 6.46. The highest BCUT2D eigenvalue weighted by atomic mass is 35.5. The average molecular weight is 348 g/mol. The third-order valence-electron chi connectivity index (χ3n) is 2.32. The van der Waals surface area contributed by atoms with E-state index in [2.05, 4.69) is 10.0 Å². The lowest BCUT2D eigenvalue weighted by atomic mass is 10.3. The molecular formula is C11H17Cl3N2O2S. The first kappa shape index (κ1) is 19.0. The van der Waals surface area contributed by atoms with Crippen molar-refractivity contribution in [3.8, 4) is 0 Å². The van der Waals surface area contributed by atoms with Gasteiger partial charge in [0.25, 0.3) is 0 Å². The van der Waals surface area contributed by atoms with Crippen molar-refractivity contribution in [2.75, 3.05) is 13.1 Å². The van der Waals surface area contributed by atoms with Gasteiger partial charge >= 0.3 is 0 Å². The van der Waals surface area contributed by atoms with Crippen molar-refractivity contribution in [1.82, 2.24) is 10.0 Å². The molecule has 110 valence electrons. The standard InChI is InChI=1S/C11H16Cl2N2O2S.ClH/c1-3-14-8(2)7-15-18(16,17)11-5-4-9(12)6-10(11)13;/h4-6,8,14-15H,3,7H2,1-2H3;1H/t8-;/m1./s1. The molecular weight excluding hydrogens is 331 g/mol. The third kappa shape index (κ3) is 5.85. The van der Waals surface area contributed by atoms with Crippen LogP contribution in [0.4, 0.5) is 0 Å². The second kappa shape index (κ2) is 8.29. The monoisotopic (exact) mass is 346 g/mol. The molecule has 2 N–H and O–H groups in total. The van der Waals surface area contributed by atoms with Crippen LogP contribution in [-0.4, -0.2) is 27.5 Å². The molecule has 0 bridgehead atoms. The van der Waals surface area contributed by atoms with Gasteiger partial charge in [0, 0.05) is 17.6 Å². The number of halogens is 3. The predicted octanol–water partition coefficient (Wildman–Crippen LogP) is 2.69. The van der Waals surface area contributed by atoms with E-state index in [0.717, 1.165) is 6.54 Å². The normalized spacial score (nSPS) is 12.8. The minimum atomic E-state index is -3.60. The van der Waals surface area contributed by atoms with E-state index in [1.165, 1.54) is 18.2 Å². The quantitative estimate of drug-likeness (QED) is 0.832. The summed E-state index contributed by atoms with van der Waals surface area (Å²) in [5.74, 6) is 0. The molecule has 0 spiro atoms. The Morgan fingerprint density at radius 2 is 1.95 bits per heavy atom. The largest absolute Gasteiger partial charge is 0.313 e. The molecule has 0 fully saturated rings. The fraction of sp³-hybridized carbons (Fsp3) is 0.455. The summed E-state index contributed by atoms with van der Waals surface area (Å²) in [6.45, 7) is 4.94. The van der Waals surface area contributed by atoms with Gasteiger partial charge in [-0.3, -0.25) is 0 Å². The fourth-order valence-corrected chi connectivity index (χ4v) is 3.33. The number of sulfonamides is 1. The number of likely N-dealkylation sites (N-methyl/N-ethyl adjacent to an activating group) is 1. The highest BCUT2D eigenvalue weighted by Gasteiger charge is 2.18. The summed E-state index contributed by atoms with van der Waals surface area (Å²) in [5, 5.41) is 3.63. The van der Waals surface area contributed by atoms with Crippen LogP contribution in [0.3, 0.4) is 0 Å². The molecule has 1 atom stereocenters. The summed E-state index contributed by atoms with van der Waals surface area (Å²) in [6, 6.07) is 4.35. The lowest BCUT2D eigenvalue weighted by Gasteiger charge is -2.14. The van der Waals surface area contributed by atoms with Crippen molar-refractivity contribution in [3.05, 3.63) is 28.2 Å². The summed E-state index contributed by atoms with van der Waals surface area (Å²) in [6.07, 6.45) is 0. The summed E-state index contributed by atoms with van der Waals surface area (Å²) in [5.41, 5.74) is 0. The van der Waals surface area contributed by atoms with Gasteiger partial charge in [-0.25, -0.2) is 13.1 Å². The highest BCUT2D eigenvalue weighted by Crippen LogP contribution is 2.24. The summed E-state index contributed by atoms with van der Waals surface area (Å²) in [4.78, 5) is 0.0391. The lowest BCUT2D eigenvalue weighted by molar-refractivity contribution is 0.536. The van der Waals surface area contributed by atoms with Crippen molar-refractivity contribution in [2.24, 2.45) is 0 Å². The van der Waals surface area contributed by atoms with E-state index in [4.69, 9.17) is 23.2 Å². The maximum Gasteiger partial charge on any atom is 0.242 e. The van der Waals surface area contributed by atoms with E-state index in [-0.39, 0.29) is 28.4 Å². The number of rotatable bonds is 6. The average Bonchev–Trinajstić information content (AvgIpc) is 2.26. The van der Waals surface area contributed by atoms with Crippen molar-refractivity contribution in [1.29, 1.82) is 0 Å². The van der Waals surface area contributed by atoms with Crippen LogP contribution in [0.15, 0.2) is 23.1 Å². The lowest BCUT2D eigenvalue weighted by Crippen LogP contribution is -2.38. The van der Waals surface area contributed by atoms with Gasteiger partial charge in [-0.1, -0.05) is 30.1 Å². The van der Waals surface area contributed by atoms with Gasteiger partial charge in [0.15, 0.2) is 0 Å². The van der Waals surface area contributed by atoms with E-state index in [9.17, 15) is 8.42 Å². The Morgan fingerprint density at radius 1 is 1.32 bits per heavy atom. The van der Waals surface area contributed by atoms with Gasteiger partial charge in [0.1, 0.15) is 4.90 Å². The van der Waals surface area contributed by atoms with Crippen LogP contribution in [0.2, 0.25) is 10.0 Å². The molecule has 0 saturated carbocycles. The number of hydrogen-bond acceptors (Lipinski definition) is 3. The molecule has 0 aliphatic heterocycles. The molecule has 0 unspecified atom stereocenters. The van der Waals surface area contributed by atoms with E-state index in [1.54, 1.807) is 0 Å². The van der Waals surface area contributed by atoms with E-state index >= 15 is 0 Å². The third-order valence-corrected chi connectivity index (χ3v) is 4.46. The van der Waals surface area contributed by atoms with Gasteiger partial charge in [0.05, 0.1) is 5.02 Å². The molecule has 1 rings (SSSR count). The Labute approximate surface area is 130 Å². The molecule has 0 radical (unpaired) electrons. The van der Waals surface area contributed by atoms with Crippen LogP contribution in [0, 0.1) is 0 Å². The minimum Gasteiger partial charge on any atom is -0.313 e. The minimum absolute atomic E-state index is 0. The van der Waals surface area contributed by atoms with Crippen LogP contribution < -0.4 is 10.0 Å². The van der Waals surface area contributed by atoms with Crippen LogP contribution in [0.25, 0.3) is 0 Å². The van der Waals surface area contributed by atoms with Crippen molar-refractivity contribution in [3.63, 3.8) is 0 Å². The molecule has 0 saturated heterocycles. The topological polar surface area (TPSA) is 58.2 Å². The van der Waals surface area contributed by atoms with Gasteiger partial charge < -0.3 is 5.32 Å². The zero-order valence-corrected chi connectivity index (χ0v) is 13.8. The molecule has 0 heterocycles. The Hall–Kier alpha value is -0.0400. The van der Waals surface area contributed by atoms with E-state index in [1.807, 2.05) is 13.8 Å². The summed E-state index contributed by atoms with van der Waals surface area (Å²) in [7, 11) is -3.60. The van der Waals surface area contributed by atoms with E-state index in [0.29, 0.717) is 11.6 Å². The fourth-order valence-electron chi connectivity index (χ4n) is 1.43. The van der Waals surface area contributed by atoms with Crippen LogP contribution in [0.1, 0.15) is 13.8 Å². The molecule has 19 heavy (non-hydrogen) atoms. The first-order chi connectivity index (χ1) is 8.36. The van der Waals surface area contributed by atoms with Crippen molar-refractivity contribution in [2.45, 2.75) is 24.8 Å². The Bertz CT molecular complexity index is 509. The maximum atomic E-state index is 12.0. The number of hydrogen-bond donors (Lipinski definition) is 2. The van der Waals surface area contributed by atoms with Gasteiger partial charge in [0.2, 0.25) is 10.0 Å². The van der Waals surface area contributed by atoms with Crippen LogP contribution in [0.5, 0.6) is 0 Å². The molecule has 1 aromatic carbocycles. The second-order valence-electron chi connectivity index (χ2n) is 3.89. The van der Waals surface area contributed by atoms with Gasteiger partial charge in [-0.05, 0) is 31.7 Å². The molecule has 0 amide bonds. The Morgan fingerprint density at radius 3 is 2.47 bits per heavy atom. The molecule has 0 aromatic heterocycles. The van der Waals surface area contributed by atoms with Gasteiger partial charge in [-0.2, -0.15) is 0 Å². The SMILES string of the molecule is CCN[C@H](C)CNS(=O)(=O)c1ccc(Cl)cc1Cl.Cl. The smallest absolute Gasteiger partial charge is 0.242 e. The summed E-state index contributed by atoms with van der Waals surface area (Å²) < 4.78 is 26.5. The molecule has 0 aliphatic carbocycles. The van der Waals surface area contributed by atoms with Crippen molar-refractivity contribution < 1.29 is 8.42 Å². The molecule has 1 aromatic rings. The van der Waals surface area contributed by atoms with Gasteiger partial charge in [-0.15, -0.1) is 12.4 Å². The van der Waals surface area contributed by atoms with Crippen LogP contribution >= 0.6 is 35.6 Å². The first-order valence-corrected chi connectivity index (χ1v) is 7.79. The number of benzene rings is 1. The zero-order chi connectivity index (χ0) is 13.8. The molecule has 4 nitrogen and oxygen atoms in total. The zero-order valence-electron chi connectivity index (χ0n) is 10.6. The Kier molecular flexibility index (Phi) is 8.27. The molecule has 8 heteroatoms. The van der Waals surface area contributed by atoms with E-state index < -0.39 is 10.0 Å². The number of nitrogens with one attached hydrogen (secondary N) is 2. The van der Waals surface area contributed by atoms with Crippen molar-refractivity contribution >= 4 is 45.6 Å². The Balaban J connectivity index is 0.00000324. The first-order valence-electron chi connectivity index (χ1n) is 5.55. The maximum absolute atomic E-state index is 12.0. The molecule has 0 aliphatic rings. The summed E-state index contributed by atoms with van der Waals surface area (Å²) >= 11 is 11.6. The highest BCUT2D eigenvalue weighted by molar-refractivity contribution is 7.89. The predicted molar refractivity (Wildman–Crippen MR) is 82.0 cm³/mol.